The maximum atomic E-state index is 12.0. The van der Waals surface area contributed by atoms with Gasteiger partial charge in [-0.3, -0.25) is 0 Å². The van der Waals surface area contributed by atoms with Gasteiger partial charge in [0.2, 0.25) is 0 Å². The van der Waals surface area contributed by atoms with Gasteiger partial charge in [0.15, 0.2) is 5.84 Å². The molecule has 0 fully saturated rings. The second-order valence-corrected chi connectivity index (χ2v) is 8.61. The van der Waals surface area contributed by atoms with Gasteiger partial charge in [0, 0.05) is 25.2 Å². The Morgan fingerprint density at radius 1 is 0.750 bits per heavy atom. The smallest absolute Gasteiger partial charge is 0.244 e. The minimum absolute atomic E-state index is 0.271. The van der Waals surface area contributed by atoms with Crippen LogP contribution in [0.4, 0.5) is 4.79 Å². The van der Waals surface area contributed by atoms with Crippen LogP contribution in [0.15, 0.2) is 107 Å². The zero-order valence-corrected chi connectivity index (χ0v) is 19.9. The minimum Gasteiger partial charge on any atom is -0.244 e. The zero-order chi connectivity index (χ0) is 24.6. The van der Waals surface area contributed by atoms with Crippen LogP contribution < -0.4 is 5.43 Å². The van der Waals surface area contributed by atoms with Crippen LogP contribution in [0.2, 0.25) is 0 Å². The molecule has 2 amide bonds. The first kappa shape index (κ1) is 21.5. The molecule has 2 aliphatic rings. The van der Waals surface area contributed by atoms with Crippen molar-refractivity contribution in [1.29, 1.82) is 0 Å². The van der Waals surface area contributed by atoms with E-state index in [2.05, 4.69) is 88.8 Å². The maximum Gasteiger partial charge on any atom is 0.360 e. The fourth-order valence-electron chi connectivity index (χ4n) is 4.61. The Bertz CT molecular complexity index is 1690. The van der Waals surface area contributed by atoms with Crippen molar-refractivity contribution in [3.05, 3.63) is 113 Å². The largest absolute Gasteiger partial charge is 0.360 e. The highest BCUT2D eigenvalue weighted by Crippen LogP contribution is 2.39. The topological polar surface area (TPSA) is 50.0 Å². The van der Waals surface area contributed by atoms with Crippen LogP contribution in [-0.2, 0) is 0 Å². The molecule has 0 aromatic heterocycles. The number of urea groups is 1. The Morgan fingerprint density at radius 3 is 1.94 bits per heavy atom. The van der Waals surface area contributed by atoms with Gasteiger partial charge in [-0.1, -0.05) is 90.7 Å². The van der Waals surface area contributed by atoms with Gasteiger partial charge in [-0.05, 0) is 44.8 Å². The predicted octanol–water partition coefficient (Wildman–Crippen LogP) is 5.84. The van der Waals surface area contributed by atoms with Crippen molar-refractivity contribution in [3.8, 4) is 23.0 Å². The third-order valence-electron chi connectivity index (χ3n) is 6.33. The van der Waals surface area contributed by atoms with Gasteiger partial charge in [-0.25, -0.2) is 14.8 Å². The summed E-state index contributed by atoms with van der Waals surface area (Å²) in [4.78, 5) is 12.0. The highest BCUT2D eigenvalue weighted by atomic mass is 16.2. The van der Waals surface area contributed by atoms with Crippen LogP contribution in [0, 0.1) is 11.8 Å². The van der Waals surface area contributed by atoms with Crippen LogP contribution in [-0.4, -0.2) is 36.0 Å². The average Bonchev–Trinajstić information content (AvgIpc) is 3.43. The van der Waals surface area contributed by atoms with Crippen molar-refractivity contribution in [2.45, 2.75) is 0 Å². The van der Waals surface area contributed by atoms with E-state index < -0.39 is 0 Å². The fourth-order valence-corrected chi connectivity index (χ4v) is 4.61. The van der Waals surface area contributed by atoms with Gasteiger partial charge < -0.3 is 0 Å². The number of fused-ring (bicyclic) bond motifs is 2. The summed E-state index contributed by atoms with van der Waals surface area (Å²) in [7, 11) is 3.25. The number of hydrazone groups is 1. The molecule has 0 saturated carbocycles. The van der Waals surface area contributed by atoms with E-state index in [0.717, 1.165) is 49.4 Å². The number of nitrogens with zero attached hydrogens (tertiary/aromatic N) is 4. The van der Waals surface area contributed by atoms with Crippen molar-refractivity contribution in [1.82, 2.24) is 15.4 Å². The number of amides is 2. The molecule has 4 aromatic rings. The van der Waals surface area contributed by atoms with Crippen LogP contribution in [0.5, 0.6) is 0 Å². The molecule has 0 spiro atoms. The number of allylic oxidation sites excluding steroid dienone is 3. The molecule has 1 aliphatic heterocycles. The number of hydrogen-bond donors (Lipinski definition) is 0. The quantitative estimate of drug-likeness (QED) is 0.208. The molecule has 1 heterocycles. The first-order valence-electron chi connectivity index (χ1n) is 11.6. The third-order valence-corrected chi connectivity index (χ3v) is 6.33. The van der Waals surface area contributed by atoms with Crippen LogP contribution in [0.25, 0.3) is 32.7 Å². The number of amidine groups is 1. The molecular weight excluding hydrogens is 444 g/mol. The van der Waals surface area contributed by atoms with E-state index in [0.29, 0.717) is 5.84 Å². The summed E-state index contributed by atoms with van der Waals surface area (Å²) < 4.78 is 0. The molecule has 36 heavy (non-hydrogen) atoms. The summed E-state index contributed by atoms with van der Waals surface area (Å²) in [5.74, 6) is 7.20. The summed E-state index contributed by atoms with van der Waals surface area (Å²) in [6.45, 7) is 0. The predicted molar refractivity (Wildman–Crippen MR) is 144 cm³/mol. The zero-order valence-electron chi connectivity index (χ0n) is 19.9. The number of carbonyl (C=O) groups is 1. The van der Waals surface area contributed by atoms with E-state index in [-0.39, 0.29) is 6.03 Å². The van der Waals surface area contributed by atoms with Crippen LogP contribution >= 0.6 is 0 Å². The number of rotatable bonds is 2. The lowest BCUT2D eigenvalue weighted by atomic mass is 9.88. The van der Waals surface area contributed by atoms with Crippen LogP contribution in [0.3, 0.4) is 0 Å². The molecule has 6 rings (SSSR count). The van der Waals surface area contributed by atoms with E-state index in [9.17, 15) is 4.79 Å². The number of hydrogen-bond acceptors (Lipinski definition) is 2. The van der Waals surface area contributed by atoms with Gasteiger partial charge in [-0.15, -0.1) is 16.3 Å². The summed E-state index contributed by atoms with van der Waals surface area (Å²) in [6, 6.07) is 24.7. The highest BCUT2D eigenvalue weighted by molar-refractivity contribution is 6.16. The monoisotopic (exact) mass is 465 g/mol. The van der Waals surface area contributed by atoms with E-state index in [1.165, 1.54) is 10.0 Å². The van der Waals surface area contributed by atoms with Gasteiger partial charge in [-0.2, -0.15) is 0 Å². The maximum absolute atomic E-state index is 12.0. The van der Waals surface area contributed by atoms with Crippen molar-refractivity contribution < 1.29 is 4.79 Å². The van der Waals surface area contributed by atoms with Crippen molar-refractivity contribution in [2.75, 3.05) is 14.1 Å². The molecule has 0 atom stereocenters. The summed E-state index contributed by atoms with van der Waals surface area (Å²) in [6.07, 6.45) is 5.81. The minimum atomic E-state index is -0.271. The number of benzene rings is 4. The average molecular weight is 466 g/mol. The molecule has 1 aliphatic carbocycles. The Hall–Kier alpha value is -5.04. The lowest BCUT2D eigenvalue weighted by Crippen LogP contribution is -2.48. The normalized spacial score (nSPS) is 14.6. The van der Waals surface area contributed by atoms with Gasteiger partial charge in [0.1, 0.15) is 0 Å². The highest BCUT2D eigenvalue weighted by Gasteiger charge is 2.24. The molecule has 0 unspecified atom stereocenters. The summed E-state index contributed by atoms with van der Waals surface area (Å²) in [5.41, 5.74) is 12.5. The Morgan fingerprint density at radius 2 is 1.36 bits per heavy atom. The molecular formula is C31H21N4O. The number of carbonyl (C=O) groups excluding carboxylic acids is 1. The van der Waals surface area contributed by atoms with E-state index in [4.69, 9.17) is 0 Å². The molecule has 5 heteroatoms. The Kier molecular flexibility index (Phi) is 5.15. The summed E-state index contributed by atoms with van der Waals surface area (Å²) in [5, 5.41) is 11.4. The first-order chi connectivity index (χ1) is 17.6. The molecule has 171 valence electrons. The van der Waals surface area contributed by atoms with Crippen molar-refractivity contribution in [2.24, 2.45) is 5.10 Å². The molecule has 0 saturated heterocycles. The molecule has 1 radical (unpaired) electrons. The lowest BCUT2D eigenvalue weighted by molar-refractivity contribution is 0.155. The molecule has 4 aromatic carbocycles. The van der Waals surface area contributed by atoms with Gasteiger partial charge in [0.05, 0.1) is 5.57 Å². The molecule has 5 nitrogen and oxygen atoms in total. The fraction of sp³-hybridized carbons (Fsp3) is 0.0645. The van der Waals surface area contributed by atoms with Gasteiger partial charge in [0.25, 0.3) is 0 Å². The summed E-state index contributed by atoms with van der Waals surface area (Å²) >= 11 is 0. The lowest BCUT2D eigenvalue weighted by Gasteiger charge is -2.26. The van der Waals surface area contributed by atoms with Gasteiger partial charge >= 0.3 is 6.03 Å². The van der Waals surface area contributed by atoms with Crippen LogP contribution in [0.1, 0.15) is 11.1 Å². The molecule has 0 bridgehead atoms. The third kappa shape index (κ3) is 3.63. The molecule has 0 N–H and O–H groups in total. The van der Waals surface area contributed by atoms with Crippen molar-refractivity contribution >= 4 is 33.4 Å². The Labute approximate surface area is 209 Å². The van der Waals surface area contributed by atoms with Crippen molar-refractivity contribution in [3.63, 3.8) is 0 Å². The second kappa shape index (κ2) is 8.63. The van der Waals surface area contributed by atoms with E-state index in [1.807, 2.05) is 30.4 Å². The first-order valence-corrected chi connectivity index (χ1v) is 11.6. The standard InChI is InChI=1S/C31H21N4O/c1-34-31(36)35(2)33-30(32-34)23-18-16-22(17-19-23)29-27-13-7-5-11-24(27)26(20-15-21-9-3-4-10-21)25-12-6-8-14-28(25)29/h3-9,11-14,16-19H,1-2H3. The Balaban J connectivity index is 1.52. The van der Waals surface area contributed by atoms with E-state index >= 15 is 0 Å². The second-order valence-electron chi connectivity index (χ2n) is 8.61. The van der Waals surface area contributed by atoms with E-state index in [1.54, 1.807) is 14.1 Å². The SMILES string of the molecule is CN1[N]C(c2ccc(-c3c4ccccc4c(C#CC4=C=CC=C4)c4ccccc34)cc2)=NN(C)C1=O.